The molecule has 1 saturated heterocycles. The first-order chi connectivity index (χ1) is 9.30. The Morgan fingerprint density at radius 1 is 1.30 bits per heavy atom. The number of nitrogens with zero attached hydrogens (tertiary/aromatic N) is 1. The van der Waals surface area contributed by atoms with E-state index in [4.69, 9.17) is 0 Å². The van der Waals surface area contributed by atoms with Crippen LogP contribution >= 0.6 is 0 Å². The van der Waals surface area contributed by atoms with Crippen LogP contribution in [-0.4, -0.2) is 56.8 Å². The molecular formula is C13H24F3N3O. The van der Waals surface area contributed by atoms with Gasteiger partial charge in [-0.05, 0) is 46.3 Å². The predicted molar refractivity (Wildman–Crippen MR) is 71.4 cm³/mol. The van der Waals surface area contributed by atoms with Crippen LogP contribution in [0.25, 0.3) is 0 Å². The summed E-state index contributed by atoms with van der Waals surface area (Å²) in [5.74, 6) is -1.51. The highest BCUT2D eigenvalue weighted by Crippen LogP contribution is 2.31. The van der Waals surface area contributed by atoms with E-state index in [0.29, 0.717) is 6.54 Å². The average Bonchev–Trinajstić information content (AvgIpc) is 2.37. The first-order valence-electron chi connectivity index (χ1n) is 7.03. The van der Waals surface area contributed by atoms with Crippen LogP contribution in [0.3, 0.4) is 0 Å². The molecule has 1 fully saturated rings. The zero-order chi connectivity index (χ0) is 15.2. The SMILES string of the molecule is CN(C)CCCCNC(=O)C1CCC(C(F)(F)F)CN1. The fourth-order valence-electron chi connectivity index (χ4n) is 2.25. The molecule has 0 aromatic carbocycles. The van der Waals surface area contributed by atoms with Crippen molar-refractivity contribution >= 4 is 5.91 Å². The maximum Gasteiger partial charge on any atom is 0.393 e. The number of rotatable bonds is 6. The number of alkyl halides is 3. The molecular weight excluding hydrogens is 271 g/mol. The van der Waals surface area contributed by atoms with E-state index >= 15 is 0 Å². The Morgan fingerprint density at radius 3 is 2.50 bits per heavy atom. The van der Waals surface area contributed by atoms with Gasteiger partial charge >= 0.3 is 6.18 Å². The van der Waals surface area contributed by atoms with Crippen molar-refractivity contribution in [2.45, 2.75) is 37.9 Å². The lowest BCUT2D eigenvalue weighted by atomic mass is 9.94. The van der Waals surface area contributed by atoms with Gasteiger partial charge in [-0.25, -0.2) is 0 Å². The van der Waals surface area contributed by atoms with Gasteiger partial charge in [-0.3, -0.25) is 4.79 Å². The van der Waals surface area contributed by atoms with E-state index in [1.54, 1.807) is 0 Å². The van der Waals surface area contributed by atoms with Crippen molar-refractivity contribution in [3.8, 4) is 0 Å². The van der Waals surface area contributed by atoms with Gasteiger partial charge in [-0.1, -0.05) is 0 Å². The van der Waals surface area contributed by atoms with Gasteiger partial charge in [0.05, 0.1) is 12.0 Å². The number of hydrogen-bond donors (Lipinski definition) is 2. The van der Waals surface area contributed by atoms with E-state index in [1.807, 2.05) is 14.1 Å². The van der Waals surface area contributed by atoms with E-state index in [-0.39, 0.29) is 25.3 Å². The fraction of sp³-hybridized carbons (Fsp3) is 0.923. The second-order valence-electron chi connectivity index (χ2n) is 5.58. The Kier molecular flexibility index (Phi) is 6.75. The lowest BCUT2D eigenvalue weighted by molar-refractivity contribution is -0.180. The third-order valence-electron chi connectivity index (χ3n) is 3.53. The quantitative estimate of drug-likeness (QED) is 0.728. The third-order valence-corrected chi connectivity index (χ3v) is 3.53. The Hall–Kier alpha value is -0.820. The highest BCUT2D eigenvalue weighted by Gasteiger charge is 2.42. The molecule has 1 amide bonds. The molecule has 0 aromatic rings. The zero-order valence-electron chi connectivity index (χ0n) is 12.1. The zero-order valence-corrected chi connectivity index (χ0v) is 12.1. The summed E-state index contributed by atoms with van der Waals surface area (Å²) in [6.45, 7) is 1.38. The number of carbonyl (C=O) groups excluding carboxylic acids is 1. The smallest absolute Gasteiger partial charge is 0.355 e. The largest absolute Gasteiger partial charge is 0.393 e. The van der Waals surface area contributed by atoms with Gasteiger partial charge in [0.25, 0.3) is 0 Å². The van der Waals surface area contributed by atoms with Crippen LogP contribution in [0.15, 0.2) is 0 Å². The number of piperidine rings is 1. The summed E-state index contributed by atoms with van der Waals surface area (Å²) in [5, 5.41) is 5.47. The second-order valence-corrected chi connectivity index (χ2v) is 5.58. The minimum absolute atomic E-state index is 0.0230. The number of carbonyl (C=O) groups is 1. The van der Waals surface area contributed by atoms with E-state index < -0.39 is 18.1 Å². The lowest BCUT2D eigenvalue weighted by Crippen LogP contribution is -2.51. The number of halogens is 3. The molecule has 7 heteroatoms. The molecule has 2 atom stereocenters. The van der Waals surface area contributed by atoms with Gasteiger partial charge in [-0.2, -0.15) is 13.2 Å². The van der Waals surface area contributed by atoms with E-state index in [2.05, 4.69) is 15.5 Å². The normalized spacial score (nSPS) is 23.9. The lowest BCUT2D eigenvalue weighted by Gasteiger charge is -2.30. The topological polar surface area (TPSA) is 44.4 Å². The van der Waals surface area contributed by atoms with Crippen molar-refractivity contribution in [2.24, 2.45) is 5.92 Å². The summed E-state index contributed by atoms with van der Waals surface area (Å²) in [7, 11) is 3.98. The molecule has 118 valence electrons. The molecule has 2 N–H and O–H groups in total. The Morgan fingerprint density at radius 2 is 2.00 bits per heavy atom. The average molecular weight is 295 g/mol. The molecule has 2 unspecified atom stereocenters. The molecule has 20 heavy (non-hydrogen) atoms. The molecule has 1 aliphatic rings. The summed E-state index contributed by atoms with van der Waals surface area (Å²) in [5.41, 5.74) is 0. The maximum atomic E-state index is 12.5. The van der Waals surface area contributed by atoms with Gasteiger partial charge in [-0.15, -0.1) is 0 Å². The fourth-order valence-corrected chi connectivity index (χ4v) is 2.25. The summed E-state index contributed by atoms with van der Waals surface area (Å²) in [6.07, 6.45) is -2.03. The van der Waals surface area contributed by atoms with Crippen LogP contribution in [0.5, 0.6) is 0 Å². The molecule has 0 spiro atoms. The summed E-state index contributed by atoms with van der Waals surface area (Å²) in [4.78, 5) is 13.9. The van der Waals surface area contributed by atoms with Crippen molar-refractivity contribution < 1.29 is 18.0 Å². The number of amides is 1. The van der Waals surface area contributed by atoms with Crippen LogP contribution < -0.4 is 10.6 Å². The van der Waals surface area contributed by atoms with Gasteiger partial charge in [0.1, 0.15) is 0 Å². The van der Waals surface area contributed by atoms with Gasteiger partial charge in [0.2, 0.25) is 5.91 Å². The summed E-state index contributed by atoms with van der Waals surface area (Å²) < 4.78 is 37.4. The minimum Gasteiger partial charge on any atom is -0.355 e. The summed E-state index contributed by atoms with van der Waals surface area (Å²) >= 11 is 0. The molecule has 0 aliphatic carbocycles. The predicted octanol–water partition coefficient (Wildman–Crippen LogP) is 1.37. The number of unbranched alkanes of at least 4 members (excludes halogenated alkanes) is 1. The van der Waals surface area contributed by atoms with Crippen LogP contribution in [-0.2, 0) is 4.79 Å². The molecule has 1 heterocycles. The van der Waals surface area contributed by atoms with Crippen LogP contribution in [0.1, 0.15) is 25.7 Å². The van der Waals surface area contributed by atoms with Crippen molar-refractivity contribution in [3.05, 3.63) is 0 Å². The van der Waals surface area contributed by atoms with Gasteiger partial charge in [0, 0.05) is 13.1 Å². The molecule has 0 aromatic heterocycles. The van der Waals surface area contributed by atoms with Gasteiger partial charge < -0.3 is 15.5 Å². The van der Waals surface area contributed by atoms with Crippen molar-refractivity contribution in [3.63, 3.8) is 0 Å². The van der Waals surface area contributed by atoms with E-state index in [1.165, 1.54) is 0 Å². The molecule has 0 radical (unpaired) electrons. The minimum atomic E-state index is -4.17. The van der Waals surface area contributed by atoms with Crippen LogP contribution in [0.4, 0.5) is 13.2 Å². The first kappa shape index (κ1) is 17.2. The Bertz CT molecular complexity index is 300. The molecule has 0 saturated carbocycles. The number of hydrogen-bond acceptors (Lipinski definition) is 3. The van der Waals surface area contributed by atoms with Crippen molar-refractivity contribution in [2.75, 3.05) is 33.7 Å². The molecule has 1 rings (SSSR count). The monoisotopic (exact) mass is 295 g/mol. The Labute approximate surface area is 118 Å². The molecule has 0 bridgehead atoms. The highest BCUT2D eigenvalue weighted by molar-refractivity contribution is 5.81. The van der Waals surface area contributed by atoms with Crippen LogP contribution in [0.2, 0.25) is 0 Å². The van der Waals surface area contributed by atoms with Crippen molar-refractivity contribution in [1.29, 1.82) is 0 Å². The standard InChI is InChI=1S/C13H24F3N3O/c1-19(2)8-4-3-7-17-12(20)11-6-5-10(9-18-11)13(14,15)16/h10-11,18H,3-9H2,1-2H3,(H,17,20). The molecule has 1 aliphatic heterocycles. The van der Waals surface area contributed by atoms with Gasteiger partial charge in [0.15, 0.2) is 0 Å². The summed E-state index contributed by atoms with van der Waals surface area (Å²) in [6, 6.07) is -0.484. The Balaban J connectivity index is 2.16. The highest BCUT2D eigenvalue weighted by atomic mass is 19.4. The second kappa shape index (κ2) is 7.83. The van der Waals surface area contributed by atoms with E-state index in [9.17, 15) is 18.0 Å². The van der Waals surface area contributed by atoms with Crippen LogP contribution in [0, 0.1) is 5.92 Å². The molecule has 4 nitrogen and oxygen atoms in total. The number of nitrogens with one attached hydrogen (secondary N) is 2. The van der Waals surface area contributed by atoms with E-state index in [0.717, 1.165) is 19.4 Å². The van der Waals surface area contributed by atoms with Crippen molar-refractivity contribution in [1.82, 2.24) is 15.5 Å². The third kappa shape index (κ3) is 6.09. The first-order valence-corrected chi connectivity index (χ1v) is 7.03. The maximum absolute atomic E-state index is 12.5.